The molecule has 0 amide bonds. The Balaban J connectivity index is 2.12. The molecule has 3 unspecified atom stereocenters. The zero-order chi connectivity index (χ0) is 13.8. The van der Waals surface area contributed by atoms with Crippen LogP contribution in [-0.4, -0.2) is 17.6 Å². The second-order valence-corrected chi connectivity index (χ2v) is 6.64. The highest BCUT2D eigenvalue weighted by molar-refractivity contribution is 5.22. The van der Waals surface area contributed by atoms with Gasteiger partial charge in [-0.15, -0.1) is 0 Å². The Morgan fingerprint density at radius 1 is 1.32 bits per heavy atom. The van der Waals surface area contributed by atoms with Crippen molar-refractivity contribution in [2.24, 2.45) is 11.8 Å². The Kier molecular flexibility index (Phi) is 4.98. The average molecular weight is 260 g/mol. The van der Waals surface area contributed by atoms with Crippen LogP contribution in [-0.2, 0) is 0 Å². The summed E-state index contributed by atoms with van der Waals surface area (Å²) in [4.78, 5) is 4.39. The van der Waals surface area contributed by atoms with E-state index >= 15 is 0 Å². The van der Waals surface area contributed by atoms with E-state index in [-0.39, 0.29) is 0 Å². The fourth-order valence-electron chi connectivity index (χ4n) is 3.26. The van der Waals surface area contributed by atoms with Crippen LogP contribution in [0.25, 0.3) is 0 Å². The van der Waals surface area contributed by atoms with Crippen LogP contribution in [0.2, 0.25) is 0 Å². The third kappa shape index (κ3) is 4.04. The maximum atomic E-state index is 4.39. The molecule has 1 aromatic heterocycles. The number of pyridine rings is 1. The minimum atomic E-state index is 0.579. The Morgan fingerprint density at radius 2 is 2.11 bits per heavy atom. The molecule has 3 atom stereocenters. The summed E-state index contributed by atoms with van der Waals surface area (Å²) < 4.78 is 0. The molecule has 2 heteroatoms. The lowest BCUT2D eigenvalue weighted by Crippen LogP contribution is -2.34. The van der Waals surface area contributed by atoms with Crippen LogP contribution in [0.4, 0.5) is 0 Å². The van der Waals surface area contributed by atoms with Crippen molar-refractivity contribution in [3.05, 3.63) is 29.6 Å². The van der Waals surface area contributed by atoms with Gasteiger partial charge in [0.15, 0.2) is 0 Å². The first-order valence-corrected chi connectivity index (χ1v) is 7.71. The van der Waals surface area contributed by atoms with Crippen LogP contribution in [0.1, 0.15) is 57.1 Å². The second-order valence-electron chi connectivity index (χ2n) is 6.64. The fourth-order valence-corrected chi connectivity index (χ4v) is 3.26. The molecule has 0 bridgehead atoms. The van der Waals surface area contributed by atoms with Crippen molar-refractivity contribution in [1.29, 1.82) is 0 Å². The lowest BCUT2D eigenvalue weighted by molar-refractivity contribution is 0.238. The van der Waals surface area contributed by atoms with Gasteiger partial charge in [-0.1, -0.05) is 33.3 Å². The summed E-state index contributed by atoms with van der Waals surface area (Å²) in [5.41, 5.74) is 2.73. The van der Waals surface area contributed by atoms with E-state index in [0.717, 1.165) is 18.4 Å². The first-order valence-electron chi connectivity index (χ1n) is 7.71. The SMILES string of the molecule is Cc1cncc(C2CC(C)CCC2CNC(C)C)c1. The molecule has 1 N–H and O–H groups in total. The topological polar surface area (TPSA) is 24.9 Å². The Hall–Kier alpha value is -0.890. The lowest BCUT2D eigenvalue weighted by Gasteiger charge is -2.36. The summed E-state index contributed by atoms with van der Waals surface area (Å²) in [5.74, 6) is 2.30. The zero-order valence-electron chi connectivity index (χ0n) is 12.8. The summed E-state index contributed by atoms with van der Waals surface area (Å²) in [6, 6.07) is 2.91. The highest BCUT2D eigenvalue weighted by Gasteiger charge is 2.29. The molecule has 106 valence electrons. The van der Waals surface area contributed by atoms with Gasteiger partial charge in [-0.3, -0.25) is 4.98 Å². The van der Waals surface area contributed by atoms with Gasteiger partial charge in [0.25, 0.3) is 0 Å². The van der Waals surface area contributed by atoms with E-state index in [1.807, 2.05) is 6.20 Å². The van der Waals surface area contributed by atoms with E-state index in [9.17, 15) is 0 Å². The fraction of sp³-hybridized carbons (Fsp3) is 0.706. The molecule has 2 nitrogen and oxygen atoms in total. The molecule has 1 heterocycles. The number of aromatic nitrogens is 1. The van der Waals surface area contributed by atoms with Gasteiger partial charge in [0.2, 0.25) is 0 Å². The summed E-state index contributed by atoms with van der Waals surface area (Å²) in [6.07, 6.45) is 8.07. The number of hydrogen-bond donors (Lipinski definition) is 1. The summed E-state index contributed by atoms with van der Waals surface area (Å²) in [7, 11) is 0. The van der Waals surface area contributed by atoms with Crippen molar-refractivity contribution in [2.75, 3.05) is 6.54 Å². The Bertz CT molecular complexity index is 400. The average Bonchev–Trinajstić information content (AvgIpc) is 2.37. The van der Waals surface area contributed by atoms with Crippen molar-refractivity contribution < 1.29 is 0 Å². The molecule has 1 saturated carbocycles. The molecule has 0 saturated heterocycles. The van der Waals surface area contributed by atoms with Gasteiger partial charge in [0.05, 0.1) is 0 Å². The number of nitrogens with one attached hydrogen (secondary N) is 1. The van der Waals surface area contributed by atoms with Gasteiger partial charge in [-0.2, -0.15) is 0 Å². The van der Waals surface area contributed by atoms with Crippen molar-refractivity contribution in [3.8, 4) is 0 Å². The minimum Gasteiger partial charge on any atom is -0.314 e. The van der Waals surface area contributed by atoms with Gasteiger partial charge < -0.3 is 5.32 Å². The first-order chi connectivity index (χ1) is 9.06. The van der Waals surface area contributed by atoms with Crippen LogP contribution in [0.3, 0.4) is 0 Å². The standard InChI is InChI=1S/C17H28N2/c1-12(2)19-11-15-6-5-13(3)8-17(15)16-7-14(4)9-18-10-16/h7,9-10,12-13,15,17,19H,5-6,8,11H2,1-4H3. The predicted octanol–water partition coefficient (Wildman–Crippen LogP) is 3.91. The molecule has 0 aliphatic heterocycles. The molecule has 1 aromatic rings. The maximum absolute atomic E-state index is 4.39. The molecule has 0 radical (unpaired) electrons. The minimum absolute atomic E-state index is 0.579. The summed E-state index contributed by atoms with van der Waals surface area (Å²) in [5, 5.41) is 3.62. The van der Waals surface area contributed by atoms with E-state index in [4.69, 9.17) is 0 Å². The smallest absolute Gasteiger partial charge is 0.0303 e. The maximum Gasteiger partial charge on any atom is 0.0303 e. The van der Waals surface area contributed by atoms with Gasteiger partial charge in [-0.05, 0) is 55.2 Å². The van der Waals surface area contributed by atoms with E-state index in [1.165, 1.54) is 30.4 Å². The van der Waals surface area contributed by atoms with Gasteiger partial charge in [0, 0.05) is 18.4 Å². The highest BCUT2D eigenvalue weighted by atomic mass is 14.9. The van der Waals surface area contributed by atoms with Crippen molar-refractivity contribution in [2.45, 2.75) is 58.9 Å². The predicted molar refractivity (Wildman–Crippen MR) is 81.4 cm³/mol. The molecule has 19 heavy (non-hydrogen) atoms. The number of rotatable bonds is 4. The molecular formula is C17H28N2. The van der Waals surface area contributed by atoms with Gasteiger partial charge >= 0.3 is 0 Å². The molecule has 2 rings (SSSR count). The Morgan fingerprint density at radius 3 is 2.79 bits per heavy atom. The van der Waals surface area contributed by atoms with Crippen LogP contribution >= 0.6 is 0 Å². The Labute approximate surface area is 118 Å². The molecule has 0 spiro atoms. The quantitative estimate of drug-likeness (QED) is 0.888. The second kappa shape index (κ2) is 6.51. The molecule has 1 fully saturated rings. The zero-order valence-corrected chi connectivity index (χ0v) is 12.8. The van der Waals surface area contributed by atoms with Crippen LogP contribution in [0.5, 0.6) is 0 Å². The van der Waals surface area contributed by atoms with E-state index in [1.54, 1.807) is 0 Å². The number of aryl methyl sites for hydroxylation is 1. The molecule has 1 aliphatic carbocycles. The summed E-state index contributed by atoms with van der Waals surface area (Å²) in [6.45, 7) is 10.1. The van der Waals surface area contributed by atoms with Crippen molar-refractivity contribution in [3.63, 3.8) is 0 Å². The highest BCUT2D eigenvalue weighted by Crippen LogP contribution is 2.40. The van der Waals surface area contributed by atoms with E-state index in [2.05, 4.69) is 50.3 Å². The molecule has 1 aliphatic rings. The number of nitrogens with zero attached hydrogens (tertiary/aromatic N) is 1. The largest absolute Gasteiger partial charge is 0.314 e. The van der Waals surface area contributed by atoms with Gasteiger partial charge in [-0.25, -0.2) is 0 Å². The van der Waals surface area contributed by atoms with Crippen molar-refractivity contribution in [1.82, 2.24) is 10.3 Å². The van der Waals surface area contributed by atoms with E-state index < -0.39 is 0 Å². The monoisotopic (exact) mass is 260 g/mol. The van der Waals surface area contributed by atoms with E-state index in [0.29, 0.717) is 12.0 Å². The third-order valence-corrected chi connectivity index (χ3v) is 4.37. The number of hydrogen-bond acceptors (Lipinski definition) is 2. The third-order valence-electron chi connectivity index (χ3n) is 4.37. The van der Waals surface area contributed by atoms with Gasteiger partial charge in [0.1, 0.15) is 0 Å². The first kappa shape index (κ1) is 14.5. The van der Waals surface area contributed by atoms with Crippen LogP contribution in [0, 0.1) is 18.8 Å². The lowest BCUT2D eigenvalue weighted by atomic mass is 9.71. The van der Waals surface area contributed by atoms with Crippen molar-refractivity contribution >= 4 is 0 Å². The van der Waals surface area contributed by atoms with Crippen LogP contribution in [0.15, 0.2) is 18.5 Å². The summed E-state index contributed by atoms with van der Waals surface area (Å²) >= 11 is 0. The normalized spacial score (nSPS) is 27.7. The van der Waals surface area contributed by atoms with Crippen LogP contribution < -0.4 is 5.32 Å². The molecular weight excluding hydrogens is 232 g/mol. The molecule has 0 aromatic carbocycles.